The van der Waals surface area contributed by atoms with Crippen LogP contribution in [0.15, 0.2) is 63.8 Å². The van der Waals surface area contributed by atoms with Crippen molar-refractivity contribution in [3.05, 3.63) is 86.0 Å². The fourth-order valence-corrected chi connectivity index (χ4v) is 3.61. The van der Waals surface area contributed by atoms with Crippen molar-refractivity contribution in [2.45, 2.75) is 13.5 Å². The highest BCUT2D eigenvalue weighted by Gasteiger charge is 2.07. The van der Waals surface area contributed by atoms with Crippen LogP contribution >= 0.6 is 27.3 Å². The molecule has 1 heterocycles. The van der Waals surface area contributed by atoms with E-state index in [-0.39, 0.29) is 6.61 Å². The van der Waals surface area contributed by atoms with Gasteiger partial charge in [0.1, 0.15) is 12.4 Å². The summed E-state index contributed by atoms with van der Waals surface area (Å²) in [5.74, 6) is 0.808. The summed E-state index contributed by atoms with van der Waals surface area (Å²) in [5, 5.41) is 14.0. The third-order valence-corrected chi connectivity index (χ3v) is 5.40. The lowest BCUT2D eigenvalue weighted by Crippen LogP contribution is -1.96. The maximum absolute atomic E-state index is 9.84. The van der Waals surface area contributed by atoms with E-state index in [2.05, 4.69) is 27.4 Å². The molecule has 25 heavy (non-hydrogen) atoms. The Morgan fingerprint density at radius 3 is 2.76 bits per heavy atom. The van der Waals surface area contributed by atoms with Gasteiger partial charge in [0.15, 0.2) is 0 Å². The van der Waals surface area contributed by atoms with Gasteiger partial charge in [0.25, 0.3) is 0 Å². The number of benzene rings is 2. The van der Waals surface area contributed by atoms with Gasteiger partial charge in [-0.2, -0.15) is 11.3 Å². The van der Waals surface area contributed by atoms with E-state index in [1.54, 1.807) is 11.3 Å². The van der Waals surface area contributed by atoms with Crippen molar-refractivity contribution in [1.82, 2.24) is 0 Å². The van der Waals surface area contributed by atoms with E-state index < -0.39 is 0 Å². The minimum Gasteiger partial charge on any atom is -0.489 e. The van der Waals surface area contributed by atoms with E-state index in [1.165, 1.54) is 5.56 Å². The van der Waals surface area contributed by atoms with Crippen molar-refractivity contribution >= 4 is 38.9 Å². The topological polar surface area (TPSA) is 29.5 Å². The van der Waals surface area contributed by atoms with Gasteiger partial charge in [-0.15, -0.1) is 0 Å². The highest BCUT2D eigenvalue weighted by Crippen LogP contribution is 2.28. The predicted octanol–water partition coefficient (Wildman–Crippen LogP) is 5.93. The van der Waals surface area contributed by atoms with E-state index in [4.69, 9.17) is 4.74 Å². The number of aryl methyl sites for hydroxylation is 1. The van der Waals surface area contributed by atoms with Crippen molar-refractivity contribution in [2.75, 3.05) is 6.61 Å². The van der Waals surface area contributed by atoms with Crippen LogP contribution in [0.25, 0.3) is 11.6 Å². The smallest absolute Gasteiger partial charge is 0.120 e. The van der Waals surface area contributed by atoms with Crippen LogP contribution in [0.4, 0.5) is 0 Å². The number of aliphatic hydroxyl groups excluding tert-OH is 1. The van der Waals surface area contributed by atoms with Crippen LogP contribution in [0.1, 0.15) is 22.3 Å². The van der Waals surface area contributed by atoms with Crippen LogP contribution in [0.3, 0.4) is 0 Å². The van der Waals surface area contributed by atoms with E-state index in [0.717, 1.165) is 32.5 Å². The van der Waals surface area contributed by atoms with E-state index in [9.17, 15) is 5.11 Å². The van der Waals surface area contributed by atoms with Crippen molar-refractivity contribution in [2.24, 2.45) is 0 Å². The number of hydrogen-bond acceptors (Lipinski definition) is 3. The van der Waals surface area contributed by atoms with Crippen molar-refractivity contribution in [3.63, 3.8) is 0 Å². The molecule has 0 saturated carbocycles. The van der Waals surface area contributed by atoms with Crippen LogP contribution in [0, 0.1) is 6.92 Å². The van der Waals surface area contributed by atoms with Gasteiger partial charge in [-0.25, -0.2) is 0 Å². The fraction of sp³-hybridized carbons (Fsp3) is 0.143. The monoisotopic (exact) mass is 414 g/mol. The molecule has 0 spiro atoms. The van der Waals surface area contributed by atoms with Gasteiger partial charge in [0.2, 0.25) is 0 Å². The lowest BCUT2D eigenvalue weighted by Gasteiger charge is -2.11. The molecule has 1 aromatic heterocycles. The van der Waals surface area contributed by atoms with Crippen molar-refractivity contribution < 1.29 is 9.84 Å². The number of halogens is 1. The molecule has 2 nitrogen and oxygen atoms in total. The zero-order valence-electron chi connectivity index (χ0n) is 13.9. The van der Waals surface area contributed by atoms with Gasteiger partial charge in [-0.1, -0.05) is 40.2 Å². The molecule has 0 radical (unpaired) electrons. The first kappa shape index (κ1) is 17.9. The minimum atomic E-state index is -0.0166. The number of aliphatic hydroxyl groups is 1. The Hall–Kier alpha value is -1.88. The van der Waals surface area contributed by atoms with E-state index in [1.807, 2.05) is 60.8 Å². The maximum Gasteiger partial charge on any atom is 0.120 e. The molecule has 3 aromatic rings. The Bertz CT molecular complexity index is 869. The molecule has 3 rings (SSSR count). The second-order valence-corrected chi connectivity index (χ2v) is 7.38. The summed E-state index contributed by atoms with van der Waals surface area (Å²) in [7, 11) is 0. The molecular weight excluding hydrogens is 396 g/mol. The number of thiophene rings is 1. The summed E-state index contributed by atoms with van der Waals surface area (Å²) in [6.45, 7) is 2.59. The summed E-state index contributed by atoms with van der Waals surface area (Å²) in [6, 6.07) is 16.0. The van der Waals surface area contributed by atoms with Gasteiger partial charge in [-0.05, 0) is 75.9 Å². The lowest BCUT2D eigenvalue weighted by molar-refractivity contribution is 0.306. The molecular formula is C21H19BrO2S. The molecule has 0 fully saturated rings. The Morgan fingerprint density at radius 1 is 1.20 bits per heavy atom. The van der Waals surface area contributed by atoms with Crippen LogP contribution in [-0.4, -0.2) is 11.7 Å². The summed E-state index contributed by atoms with van der Waals surface area (Å²) >= 11 is 5.25. The van der Waals surface area contributed by atoms with Gasteiger partial charge < -0.3 is 9.84 Å². The molecule has 0 aliphatic rings. The standard InChI is InChI=1S/C21H19BrO2S/c1-15-4-2-3-5-20(15)18(12-23)10-17-11-19(6-7-21(17)22)24-13-16-8-9-25-14-16/h2-11,14,23H,12-13H2,1H3. The van der Waals surface area contributed by atoms with Crippen LogP contribution in [0.2, 0.25) is 0 Å². The fourth-order valence-electron chi connectivity index (χ4n) is 2.59. The first-order valence-electron chi connectivity index (χ1n) is 7.98. The van der Waals surface area contributed by atoms with Crippen LogP contribution < -0.4 is 4.74 Å². The summed E-state index contributed by atoms with van der Waals surface area (Å²) < 4.78 is 6.85. The second-order valence-electron chi connectivity index (χ2n) is 5.75. The maximum atomic E-state index is 9.84. The minimum absolute atomic E-state index is 0.0166. The highest BCUT2D eigenvalue weighted by atomic mass is 79.9. The first-order valence-corrected chi connectivity index (χ1v) is 9.72. The molecule has 0 atom stereocenters. The molecule has 0 aliphatic heterocycles. The summed E-state index contributed by atoms with van der Waals surface area (Å²) in [4.78, 5) is 0. The number of hydrogen-bond donors (Lipinski definition) is 1. The SMILES string of the molecule is Cc1ccccc1C(=Cc1cc(OCc2ccsc2)ccc1Br)CO. The molecule has 0 amide bonds. The average molecular weight is 415 g/mol. The molecule has 128 valence electrons. The predicted molar refractivity (Wildman–Crippen MR) is 109 cm³/mol. The molecule has 4 heteroatoms. The van der Waals surface area contributed by atoms with Gasteiger partial charge in [-0.3, -0.25) is 0 Å². The molecule has 0 aliphatic carbocycles. The third kappa shape index (κ3) is 4.60. The van der Waals surface area contributed by atoms with Gasteiger partial charge >= 0.3 is 0 Å². The van der Waals surface area contributed by atoms with Gasteiger partial charge in [0.05, 0.1) is 6.61 Å². The Balaban J connectivity index is 1.87. The van der Waals surface area contributed by atoms with E-state index in [0.29, 0.717) is 6.61 Å². The normalized spacial score (nSPS) is 11.6. The largest absolute Gasteiger partial charge is 0.489 e. The zero-order valence-corrected chi connectivity index (χ0v) is 16.3. The van der Waals surface area contributed by atoms with Crippen molar-refractivity contribution in [1.29, 1.82) is 0 Å². The second kappa shape index (κ2) is 8.48. The Labute approximate surface area is 160 Å². The zero-order chi connectivity index (χ0) is 17.6. The molecule has 0 bridgehead atoms. The summed E-state index contributed by atoms with van der Waals surface area (Å²) in [6.07, 6.45) is 2.00. The quantitative estimate of drug-likeness (QED) is 0.506. The number of rotatable bonds is 6. The van der Waals surface area contributed by atoms with Crippen molar-refractivity contribution in [3.8, 4) is 5.75 Å². The molecule has 0 unspecified atom stereocenters. The Morgan fingerprint density at radius 2 is 2.04 bits per heavy atom. The highest BCUT2D eigenvalue weighted by molar-refractivity contribution is 9.10. The van der Waals surface area contributed by atoms with Crippen LogP contribution in [-0.2, 0) is 6.61 Å². The summed E-state index contributed by atoms with van der Waals surface area (Å²) in [5.41, 5.74) is 5.23. The third-order valence-electron chi connectivity index (χ3n) is 3.94. The lowest BCUT2D eigenvalue weighted by atomic mass is 9.99. The first-order chi connectivity index (χ1) is 12.2. The molecule has 0 saturated heterocycles. The Kier molecular flexibility index (Phi) is 6.08. The van der Waals surface area contributed by atoms with E-state index >= 15 is 0 Å². The van der Waals surface area contributed by atoms with Crippen LogP contribution in [0.5, 0.6) is 5.75 Å². The average Bonchev–Trinajstić information content (AvgIpc) is 3.14. The molecule has 2 aromatic carbocycles. The molecule has 1 N–H and O–H groups in total. The van der Waals surface area contributed by atoms with Gasteiger partial charge in [0, 0.05) is 4.47 Å². The number of ether oxygens (including phenoxy) is 1.